The number of sulfonamides is 1. The third-order valence-corrected chi connectivity index (χ3v) is 5.88. The number of morpholine rings is 1. The van der Waals surface area contributed by atoms with Crippen LogP contribution in [0.5, 0.6) is 11.5 Å². The molecule has 24 heavy (non-hydrogen) atoms. The predicted molar refractivity (Wildman–Crippen MR) is 94.3 cm³/mol. The Labute approximate surface area is 151 Å². The standard InChI is InChI=1S/C15H23BrN2O5S/c1-21-13-11-15(14(22-2)10-12(13)16)24(19,20)17-4-3-5-18-6-8-23-9-7-18/h10-11,17H,3-9H2,1-2H3. The summed E-state index contributed by atoms with van der Waals surface area (Å²) in [5.74, 6) is 0.702. The molecule has 7 nitrogen and oxygen atoms in total. The van der Waals surface area contributed by atoms with Crippen LogP contribution >= 0.6 is 15.9 Å². The number of benzene rings is 1. The van der Waals surface area contributed by atoms with Crippen molar-refractivity contribution in [3.8, 4) is 11.5 Å². The van der Waals surface area contributed by atoms with E-state index in [4.69, 9.17) is 14.2 Å². The van der Waals surface area contributed by atoms with E-state index >= 15 is 0 Å². The van der Waals surface area contributed by atoms with Gasteiger partial charge in [0.1, 0.15) is 16.4 Å². The van der Waals surface area contributed by atoms with Crippen LogP contribution in [0.15, 0.2) is 21.5 Å². The Bertz CT molecular complexity index is 648. The highest BCUT2D eigenvalue weighted by atomic mass is 79.9. The summed E-state index contributed by atoms with van der Waals surface area (Å²) in [4.78, 5) is 2.33. The predicted octanol–water partition coefficient (Wildman–Crippen LogP) is 1.47. The lowest BCUT2D eigenvalue weighted by molar-refractivity contribution is 0.0376. The van der Waals surface area contributed by atoms with Gasteiger partial charge >= 0.3 is 0 Å². The molecule has 1 heterocycles. The van der Waals surface area contributed by atoms with E-state index in [0.29, 0.717) is 16.8 Å². The first-order valence-corrected chi connectivity index (χ1v) is 9.97. The van der Waals surface area contributed by atoms with E-state index in [2.05, 4.69) is 25.6 Å². The van der Waals surface area contributed by atoms with Gasteiger partial charge < -0.3 is 14.2 Å². The minimum atomic E-state index is -3.67. The van der Waals surface area contributed by atoms with Gasteiger partial charge in [-0.15, -0.1) is 0 Å². The summed E-state index contributed by atoms with van der Waals surface area (Å²) in [6, 6.07) is 3.04. The molecule has 0 saturated carbocycles. The molecule has 1 aliphatic heterocycles. The Kier molecular flexibility index (Phi) is 7.30. The monoisotopic (exact) mass is 422 g/mol. The molecule has 2 rings (SSSR count). The molecule has 0 radical (unpaired) electrons. The van der Waals surface area contributed by atoms with Crippen LogP contribution in [0.25, 0.3) is 0 Å². The molecule has 1 fully saturated rings. The average Bonchev–Trinajstić information content (AvgIpc) is 2.59. The van der Waals surface area contributed by atoms with Crippen LogP contribution in [0.3, 0.4) is 0 Å². The average molecular weight is 423 g/mol. The van der Waals surface area contributed by atoms with Crippen molar-refractivity contribution in [2.24, 2.45) is 0 Å². The first-order chi connectivity index (χ1) is 11.5. The van der Waals surface area contributed by atoms with Crippen molar-refractivity contribution in [3.63, 3.8) is 0 Å². The Balaban J connectivity index is 1.98. The van der Waals surface area contributed by atoms with Crippen molar-refractivity contribution >= 4 is 26.0 Å². The SMILES string of the molecule is COc1cc(S(=O)(=O)NCCCN2CCOCC2)c(OC)cc1Br. The highest BCUT2D eigenvalue weighted by molar-refractivity contribution is 9.10. The van der Waals surface area contributed by atoms with E-state index in [1.807, 2.05) is 0 Å². The molecule has 0 aliphatic carbocycles. The maximum Gasteiger partial charge on any atom is 0.244 e. The van der Waals surface area contributed by atoms with Gasteiger partial charge in [-0.2, -0.15) is 0 Å². The number of nitrogens with one attached hydrogen (secondary N) is 1. The molecule has 1 saturated heterocycles. The third-order valence-electron chi connectivity index (χ3n) is 3.77. The molecule has 1 N–H and O–H groups in total. The lowest BCUT2D eigenvalue weighted by atomic mass is 10.3. The molecule has 0 aromatic heterocycles. The van der Waals surface area contributed by atoms with Gasteiger partial charge in [0.15, 0.2) is 0 Å². The van der Waals surface area contributed by atoms with Crippen LogP contribution in [0.2, 0.25) is 0 Å². The largest absolute Gasteiger partial charge is 0.496 e. The molecule has 0 spiro atoms. The zero-order valence-corrected chi connectivity index (χ0v) is 16.3. The van der Waals surface area contributed by atoms with Gasteiger partial charge in [-0.3, -0.25) is 4.90 Å². The molecule has 1 aromatic rings. The fourth-order valence-electron chi connectivity index (χ4n) is 2.45. The maximum atomic E-state index is 12.5. The normalized spacial score (nSPS) is 16.1. The number of hydrogen-bond acceptors (Lipinski definition) is 6. The van der Waals surface area contributed by atoms with Gasteiger partial charge in [0.2, 0.25) is 10.0 Å². The van der Waals surface area contributed by atoms with Crippen LogP contribution in [0.4, 0.5) is 0 Å². The van der Waals surface area contributed by atoms with Crippen LogP contribution in [-0.2, 0) is 14.8 Å². The number of halogens is 1. The van der Waals surface area contributed by atoms with Crippen molar-refractivity contribution in [3.05, 3.63) is 16.6 Å². The summed E-state index contributed by atoms with van der Waals surface area (Å²) in [6.45, 7) is 4.46. The van der Waals surface area contributed by atoms with E-state index in [1.165, 1.54) is 20.3 Å². The zero-order valence-electron chi connectivity index (χ0n) is 13.9. The zero-order chi connectivity index (χ0) is 17.6. The minimum absolute atomic E-state index is 0.0661. The first kappa shape index (κ1) is 19.5. The van der Waals surface area contributed by atoms with Gasteiger partial charge in [0.05, 0.1) is 31.9 Å². The summed E-state index contributed by atoms with van der Waals surface area (Å²) >= 11 is 3.32. The van der Waals surface area contributed by atoms with Crippen LogP contribution in [-0.4, -0.2) is 66.9 Å². The quantitative estimate of drug-likeness (QED) is 0.639. The molecule has 136 valence electrons. The number of ether oxygens (including phenoxy) is 3. The molecule has 0 bridgehead atoms. The van der Waals surface area contributed by atoms with Gasteiger partial charge in [-0.05, 0) is 35.0 Å². The number of methoxy groups -OCH3 is 2. The van der Waals surface area contributed by atoms with Crippen LogP contribution < -0.4 is 14.2 Å². The number of nitrogens with zero attached hydrogens (tertiary/aromatic N) is 1. The fraction of sp³-hybridized carbons (Fsp3) is 0.600. The number of hydrogen-bond donors (Lipinski definition) is 1. The Hall–Kier alpha value is -0.870. The van der Waals surface area contributed by atoms with E-state index in [-0.39, 0.29) is 10.6 Å². The van der Waals surface area contributed by atoms with Gasteiger partial charge in [0.25, 0.3) is 0 Å². The van der Waals surface area contributed by atoms with E-state index in [0.717, 1.165) is 39.3 Å². The Morgan fingerprint density at radius 2 is 1.88 bits per heavy atom. The molecule has 0 atom stereocenters. The third kappa shape index (κ3) is 5.06. The second-order valence-corrected chi connectivity index (χ2v) is 7.93. The topological polar surface area (TPSA) is 77.1 Å². The highest BCUT2D eigenvalue weighted by Gasteiger charge is 2.22. The Morgan fingerprint density at radius 1 is 1.21 bits per heavy atom. The molecule has 0 amide bonds. The Morgan fingerprint density at radius 3 is 2.50 bits per heavy atom. The second kappa shape index (κ2) is 9.00. The van der Waals surface area contributed by atoms with Gasteiger partial charge in [-0.1, -0.05) is 0 Å². The van der Waals surface area contributed by atoms with Gasteiger partial charge in [-0.25, -0.2) is 13.1 Å². The molecular weight excluding hydrogens is 400 g/mol. The smallest absolute Gasteiger partial charge is 0.244 e. The van der Waals surface area contributed by atoms with E-state index in [9.17, 15) is 8.42 Å². The lowest BCUT2D eigenvalue weighted by Gasteiger charge is -2.26. The fourth-order valence-corrected chi connectivity index (χ4v) is 4.18. The van der Waals surface area contributed by atoms with Gasteiger partial charge in [0, 0.05) is 25.7 Å². The molecule has 9 heteroatoms. The van der Waals surface area contributed by atoms with Crippen molar-refractivity contribution in [2.45, 2.75) is 11.3 Å². The van der Waals surface area contributed by atoms with Crippen molar-refractivity contribution in [1.29, 1.82) is 0 Å². The van der Waals surface area contributed by atoms with E-state index < -0.39 is 10.0 Å². The van der Waals surface area contributed by atoms with Crippen molar-refractivity contribution < 1.29 is 22.6 Å². The summed E-state index contributed by atoms with van der Waals surface area (Å²) in [5, 5.41) is 0. The van der Waals surface area contributed by atoms with Crippen LogP contribution in [0, 0.1) is 0 Å². The van der Waals surface area contributed by atoms with E-state index in [1.54, 1.807) is 6.07 Å². The second-order valence-electron chi connectivity index (χ2n) is 5.34. The highest BCUT2D eigenvalue weighted by Crippen LogP contribution is 2.35. The summed E-state index contributed by atoms with van der Waals surface area (Å²) in [7, 11) is -0.753. The molecule has 1 aromatic carbocycles. The summed E-state index contributed by atoms with van der Waals surface area (Å²) < 4.78 is 44.0. The van der Waals surface area contributed by atoms with Crippen molar-refractivity contribution in [1.82, 2.24) is 9.62 Å². The minimum Gasteiger partial charge on any atom is -0.496 e. The molecule has 1 aliphatic rings. The summed E-state index contributed by atoms with van der Waals surface area (Å²) in [6.07, 6.45) is 0.731. The lowest BCUT2D eigenvalue weighted by Crippen LogP contribution is -2.38. The molecular formula is C15H23BrN2O5S. The molecule has 0 unspecified atom stereocenters. The van der Waals surface area contributed by atoms with Crippen LogP contribution in [0.1, 0.15) is 6.42 Å². The van der Waals surface area contributed by atoms with Crippen molar-refractivity contribution in [2.75, 3.05) is 53.6 Å². The maximum absolute atomic E-state index is 12.5. The summed E-state index contributed by atoms with van der Waals surface area (Å²) in [5.41, 5.74) is 0. The number of rotatable bonds is 8. The first-order valence-electron chi connectivity index (χ1n) is 7.69.